The summed E-state index contributed by atoms with van der Waals surface area (Å²) in [6.45, 7) is 0.516. The number of hydrogen-bond acceptors (Lipinski definition) is 2. The van der Waals surface area contributed by atoms with Gasteiger partial charge in [0.25, 0.3) is 0 Å². The minimum absolute atomic E-state index is 0.234. The van der Waals surface area contributed by atoms with Crippen LogP contribution in [0.5, 0.6) is 0 Å². The van der Waals surface area contributed by atoms with Gasteiger partial charge in [-0.1, -0.05) is 22.0 Å². The second kappa shape index (κ2) is 6.64. The minimum Gasteiger partial charge on any atom is -0.381 e. The highest BCUT2D eigenvalue weighted by atomic mass is 79.9. The molecule has 2 unspecified atom stereocenters. The third kappa shape index (κ3) is 3.77. The molecule has 0 radical (unpaired) electrons. The first kappa shape index (κ1) is 14.0. The highest BCUT2D eigenvalue weighted by Gasteiger charge is 2.22. The molecule has 1 aromatic carbocycles. The maximum absolute atomic E-state index is 13.0. The van der Waals surface area contributed by atoms with Crippen molar-refractivity contribution in [2.75, 3.05) is 7.11 Å². The van der Waals surface area contributed by atoms with Crippen molar-refractivity contribution in [3.63, 3.8) is 0 Å². The van der Waals surface area contributed by atoms with Crippen LogP contribution in [0, 0.1) is 5.82 Å². The van der Waals surface area contributed by atoms with Gasteiger partial charge in [0.1, 0.15) is 5.82 Å². The van der Waals surface area contributed by atoms with E-state index in [1.54, 1.807) is 13.2 Å². The van der Waals surface area contributed by atoms with Crippen LogP contribution < -0.4 is 0 Å². The first-order valence-electron chi connectivity index (χ1n) is 6.27. The summed E-state index contributed by atoms with van der Waals surface area (Å²) in [5.74, 6) is -0.234. The van der Waals surface area contributed by atoms with Gasteiger partial charge in [0, 0.05) is 11.6 Å². The molecule has 2 nitrogen and oxygen atoms in total. The molecule has 4 heteroatoms. The maximum atomic E-state index is 13.0. The highest BCUT2D eigenvalue weighted by molar-refractivity contribution is 9.10. The first-order valence-corrected chi connectivity index (χ1v) is 7.06. The molecule has 2 atom stereocenters. The van der Waals surface area contributed by atoms with Crippen LogP contribution in [0.25, 0.3) is 0 Å². The van der Waals surface area contributed by atoms with E-state index in [-0.39, 0.29) is 11.9 Å². The van der Waals surface area contributed by atoms with Crippen LogP contribution >= 0.6 is 15.9 Å². The molecule has 2 rings (SSSR count). The summed E-state index contributed by atoms with van der Waals surface area (Å²) >= 11 is 3.35. The molecule has 0 amide bonds. The van der Waals surface area contributed by atoms with Crippen molar-refractivity contribution in [2.45, 2.75) is 44.5 Å². The lowest BCUT2D eigenvalue weighted by atomic mass is 9.95. The molecule has 0 N–H and O–H groups in total. The van der Waals surface area contributed by atoms with Crippen molar-refractivity contribution >= 4 is 15.9 Å². The Morgan fingerprint density at radius 3 is 2.83 bits per heavy atom. The molecule has 18 heavy (non-hydrogen) atoms. The number of hydrogen-bond donors (Lipinski definition) is 0. The zero-order valence-electron chi connectivity index (χ0n) is 10.5. The number of methoxy groups -OCH3 is 1. The average Bonchev–Trinajstić information content (AvgIpc) is 2.38. The van der Waals surface area contributed by atoms with Crippen LogP contribution in [-0.2, 0) is 16.1 Å². The van der Waals surface area contributed by atoms with Gasteiger partial charge in [-0.25, -0.2) is 4.39 Å². The summed E-state index contributed by atoms with van der Waals surface area (Å²) in [4.78, 5) is 0. The van der Waals surface area contributed by atoms with Crippen molar-refractivity contribution in [3.8, 4) is 0 Å². The molecular weight excluding hydrogens is 299 g/mol. The quantitative estimate of drug-likeness (QED) is 0.834. The predicted octanol–water partition coefficient (Wildman–Crippen LogP) is 4.06. The Kier molecular flexibility index (Phi) is 5.15. The molecule has 1 aliphatic carbocycles. The second-order valence-electron chi connectivity index (χ2n) is 4.69. The van der Waals surface area contributed by atoms with Gasteiger partial charge >= 0.3 is 0 Å². The highest BCUT2D eigenvalue weighted by Crippen LogP contribution is 2.25. The lowest BCUT2D eigenvalue weighted by Crippen LogP contribution is -2.27. The SMILES string of the molecule is COC1CCCC(OCc2ccc(F)cc2Br)C1. The van der Waals surface area contributed by atoms with Gasteiger partial charge in [0.2, 0.25) is 0 Å². The Morgan fingerprint density at radius 2 is 2.11 bits per heavy atom. The van der Waals surface area contributed by atoms with Gasteiger partial charge < -0.3 is 9.47 Å². The van der Waals surface area contributed by atoms with Gasteiger partial charge in [-0.05, 0) is 43.4 Å². The molecule has 1 aliphatic rings. The van der Waals surface area contributed by atoms with Crippen molar-refractivity contribution in [1.29, 1.82) is 0 Å². The Balaban J connectivity index is 1.87. The average molecular weight is 317 g/mol. The normalized spacial score (nSPS) is 24.2. The van der Waals surface area contributed by atoms with E-state index in [9.17, 15) is 4.39 Å². The summed E-state index contributed by atoms with van der Waals surface area (Å²) in [5, 5.41) is 0. The van der Waals surface area contributed by atoms with Crippen molar-refractivity contribution in [2.24, 2.45) is 0 Å². The Bertz CT molecular complexity index is 397. The minimum atomic E-state index is -0.234. The van der Waals surface area contributed by atoms with Crippen LogP contribution in [-0.4, -0.2) is 19.3 Å². The number of ether oxygens (including phenoxy) is 2. The smallest absolute Gasteiger partial charge is 0.124 e. The van der Waals surface area contributed by atoms with E-state index in [1.807, 2.05) is 0 Å². The molecule has 0 bridgehead atoms. The zero-order valence-corrected chi connectivity index (χ0v) is 12.1. The van der Waals surface area contributed by atoms with E-state index in [0.29, 0.717) is 12.7 Å². The first-order chi connectivity index (χ1) is 8.69. The summed E-state index contributed by atoms with van der Waals surface area (Å²) in [6, 6.07) is 4.69. The largest absolute Gasteiger partial charge is 0.381 e. The van der Waals surface area contributed by atoms with Gasteiger partial charge in [-0.2, -0.15) is 0 Å². The monoisotopic (exact) mass is 316 g/mol. The molecule has 0 aromatic heterocycles. The van der Waals surface area contributed by atoms with Crippen molar-refractivity contribution in [1.82, 2.24) is 0 Å². The number of rotatable bonds is 4. The number of halogens is 2. The van der Waals surface area contributed by atoms with Gasteiger partial charge in [0.15, 0.2) is 0 Å². The summed E-state index contributed by atoms with van der Waals surface area (Å²) in [6.07, 6.45) is 4.87. The van der Waals surface area contributed by atoms with E-state index < -0.39 is 0 Å². The van der Waals surface area contributed by atoms with Gasteiger partial charge in [0.05, 0.1) is 18.8 Å². The summed E-state index contributed by atoms with van der Waals surface area (Å²) in [7, 11) is 1.75. The molecule has 100 valence electrons. The third-order valence-electron chi connectivity index (χ3n) is 3.40. The second-order valence-corrected chi connectivity index (χ2v) is 5.55. The molecule has 0 aliphatic heterocycles. The lowest BCUT2D eigenvalue weighted by Gasteiger charge is -2.28. The van der Waals surface area contributed by atoms with Crippen LogP contribution in [0.1, 0.15) is 31.2 Å². The van der Waals surface area contributed by atoms with Crippen molar-refractivity contribution in [3.05, 3.63) is 34.1 Å². The van der Waals surface area contributed by atoms with Gasteiger partial charge in [-0.15, -0.1) is 0 Å². The standard InChI is InChI=1S/C14H18BrFO2/c1-17-12-3-2-4-13(8-12)18-9-10-5-6-11(16)7-14(10)15/h5-7,12-13H,2-4,8-9H2,1H3. The molecule has 1 fully saturated rings. The van der Waals surface area contributed by atoms with E-state index >= 15 is 0 Å². The topological polar surface area (TPSA) is 18.5 Å². The Labute approximate surface area is 116 Å². The summed E-state index contributed by atoms with van der Waals surface area (Å²) in [5.41, 5.74) is 0.982. The van der Waals surface area contributed by atoms with E-state index in [1.165, 1.54) is 12.1 Å². The molecule has 0 heterocycles. The van der Waals surface area contributed by atoms with E-state index in [2.05, 4.69) is 15.9 Å². The molecule has 0 saturated heterocycles. The van der Waals surface area contributed by atoms with Crippen LogP contribution in [0.15, 0.2) is 22.7 Å². The summed E-state index contributed by atoms with van der Waals surface area (Å²) < 4.78 is 25.0. The lowest BCUT2D eigenvalue weighted by molar-refractivity contribution is -0.0364. The zero-order chi connectivity index (χ0) is 13.0. The van der Waals surface area contributed by atoms with Gasteiger partial charge in [-0.3, -0.25) is 0 Å². The molecule has 0 spiro atoms. The fraction of sp³-hybridized carbons (Fsp3) is 0.571. The Morgan fingerprint density at radius 1 is 1.33 bits per heavy atom. The third-order valence-corrected chi connectivity index (χ3v) is 4.14. The van der Waals surface area contributed by atoms with E-state index in [4.69, 9.17) is 9.47 Å². The Hall–Kier alpha value is -0.450. The molecule has 1 aromatic rings. The fourth-order valence-electron chi connectivity index (χ4n) is 2.31. The van der Waals surface area contributed by atoms with Crippen LogP contribution in [0.4, 0.5) is 4.39 Å². The van der Waals surface area contributed by atoms with Crippen LogP contribution in [0.3, 0.4) is 0 Å². The molecule has 1 saturated carbocycles. The van der Waals surface area contributed by atoms with E-state index in [0.717, 1.165) is 35.7 Å². The predicted molar refractivity (Wildman–Crippen MR) is 71.9 cm³/mol. The number of benzene rings is 1. The van der Waals surface area contributed by atoms with Crippen LogP contribution in [0.2, 0.25) is 0 Å². The van der Waals surface area contributed by atoms with Crippen molar-refractivity contribution < 1.29 is 13.9 Å². The molecular formula is C14H18BrFO2. The fourth-order valence-corrected chi connectivity index (χ4v) is 2.78. The maximum Gasteiger partial charge on any atom is 0.124 e.